The Morgan fingerprint density at radius 2 is 1.81 bits per heavy atom. The van der Waals surface area contributed by atoms with Gasteiger partial charge >= 0.3 is 0 Å². The van der Waals surface area contributed by atoms with E-state index >= 15 is 0 Å². The lowest BCUT2D eigenvalue weighted by Crippen LogP contribution is -2.20. The van der Waals surface area contributed by atoms with E-state index in [9.17, 15) is 4.39 Å². The Kier molecular flexibility index (Phi) is 4.75. The van der Waals surface area contributed by atoms with Crippen molar-refractivity contribution in [2.75, 3.05) is 11.4 Å². The van der Waals surface area contributed by atoms with E-state index in [0.29, 0.717) is 0 Å². The first-order chi connectivity index (χ1) is 13.3. The van der Waals surface area contributed by atoms with Crippen LogP contribution in [0.3, 0.4) is 0 Å². The van der Waals surface area contributed by atoms with Crippen LogP contribution in [0, 0.1) is 5.82 Å². The number of hydrogen-bond donors (Lipinski definition) is 0. The third kappa shape index (κ3) is 3.49. The van der Waals surface area contributed by atoms with E-state index in [1.165, 1.54) is 6.07 Å². The molecule has 0 fully saturated rings. The molecule has 0 saturated carbocycles. The summed E-state index contributed by atoms with van der Waals surface area (Å²) < 4.78 is 13.9. The Labute approximate surface area is 157 Å². The molecule has 0 N–H and O–H groups in total. The average Bonchev–Trinajstić information content (AvgIpc) is 2.72. The highest BCUT2D eigenvalue weighted by atomic mass is 19.1. The van der Waals surface area contributed by atoms with E-state index in [2.05, 4.69) is 21.8 Å². The summed E-state index contributed by atoms with van der Waals surface area (Å²) in [6, 6.07) is 16.3. The number of rotatable bonds is 5. The number of fused-ring (bicyclic) bond motifs is 1. The predicted molar refractivity (Wildman–Crippen MR) is 106 cm³/mol. The van der Waals surface area contributed by atoms with E-state index in [0.717, 1.165) is 46.6 Å². The molecule has 0 aliphatic carbocycles. The van der Waals surface area contributed by atoms with Crippen LogP contribution in [0.25, 0.3) is 22.2 Å². The monoisotopic (exact) mass is 358 g/mol. The Hall–Kier alpha value is -3.34. The van der Waals surface area contributed by atoms with Crippen LogP contribution in [0.15, 0.2) is 73.2 Å². The summed E-state index contributed by atoms with van der Waals surface area (Å²) in [5.41, 5.74) is 3.42. The number of hydrogen-bond acceptors (Lipinski definition) is 4. The zero-order valence-corrected chi connectivity index (χ0v) is 15.0. The van der Waals surface area contributed by atoms with Crippen LogP contribution in [0.4, 0.5) is 15.9 Å². The Morgan fingerprint density at radius 1 is 0.963 bits per heavy atom. The van der Waals surface area contributed by atoms with Gasteiger partial charge < -0.3 is 4.90 Å². The summed E-state index contributed by atoms with van der Waals surface area (Å²) in [5.74, 6) is 0.515. The maximum atomic E-state index is 13.9. The van der Waals surface area contributed by atoms with Crippen LogP contribution >= 0.6 is 0 Å². The molecular formula is C22H19FN4. The zero-order chi connectivity index (χ0) is 18.6. The number of benzene rings is 1. The fraction of sp³-hybridized carbons (Fsp3) is 0.136. The lowest BCUT2D eigenvalue weighted by molar-refractivity contribution is 0.627. The van der Waals surface area contributed by atoms with Crippen molar-refractivity contribution in [3.8, 4) is 11.3 Å². The minimum atomic E-state index is -0.263. The van der Waals surface area contributed by atoms with Gasteiger partial charge in [-0.05, 0) is 55.0 Å². The first kappa shape index (κ1) is 17.1. The SMILES string of the molecule is CCCN(c1cccc(F)c1)c1nc(-c2ccncc2)cc2ncccc12. The molecule has 0 aliphatic heterocycles. The second-order valence-corrected chi connectivity index (χ2v) is 6.27. The van der Waals surface area contributed by atoms with Gasteiger partial charge in [0.1, 0.15) is 11.6 Å². The molecule has 0 saturated heterocycles. The normalized spacial score (nSPS) is 10.9. The molecule has 0 aliphatic rings. The number of halogens is 1. The van der Waals surface area contributed by atoms with Gasteiger partial charge in [-0.1, -0.05) is 13.0 Å². The Morgan fingerprint density at radius 3 is 2.59 bits per heavy atom. The molecule has 3 aromatic heterocycles. The van der Waals surface area contributed by atoms with Crippen LogP contribution < -0.4 is 4.90 Å². The van der Waals surface area contributed by atoms with Crippen LogP contribution in [-0.4, -0.2) is 21.5 Å². The minimum Gasteiger partial charge on any atom is -0.326 e. The van der Waals surface area contributed by atoms with Crippen molar-refractivity contribution in [1.29, 1.82) is 0 Å². The van der Waals surface area contributed by atoms with E-state index in [4.69, 9.17) is 4.98 Å². The maximum absolute atomic E-state index is 13.9. The lowest BCUT2D eigenvalue weighted by atomic mass is 10.1. The molecular weight excluding hydrogens is 339 g/mol. The molecule has 0 amide bonds. The molecule has 0 atom stereocenters. The highest BCUT2D eigenvalue weighted by molar-refractivity contribution is 5.94. The van der Waals surface area contributed by atoms with Gasteiger partial charge in [-0.2, -0.15) is 0 Å². The van der Waals surface area contributed by atoms with Crippen molar-refractivity contribution in [1.82, 2.24) is 15.0 Å². The number of aromatic nitrogens is 3. The van der Waals surface area contributed by atoms with Gasteiger partial charge in [0.05, 0.1) is 11.2 Å². The minimum absolute atomic E-state index is 0.263. The fourth-order valence-electron chi connectivity index (χ4n) is 3.16. The van der Waals surface area contributed by atoms with E-state index in [1.54, 1.807) is 30.7 Å². The topological polar surface area (TPSA) is 41.9 Å². The second kappa shape index (κ2) is 7.50. The predicted octanol–water partition coefficient (Wildman–Crippen LogP) is 5.38. The summed E-state index contributed by atoms with van der Waals surface area (Å²) >= 11 is 0. The van der Waals surface area contributed by atoms with Crippen molar-refractivity contribution in [3.63, 3.8) is 0 Å². The van der Waals surface area contributed by atoms with Crippen molar-refractivity contribution in [2.24, 2.45) is 0 Å². The largest absolute Gasteiger partial charge is 0.326 e. The van der Waals surface area contributed by atoms with Crippen molar-refractivity contribution >= 4 is 22.4 Å². The third-order valence-electron chi connectivity index (χ3n) is 4.38. The molecule has 0 unspecified atom stereocenters. The van der Waals surface area contributed by atoms with Crippen molar-refractivity contribution < 1.29 is 4.39 Å². The second-order valence-electron chi connectivity index (χ2n) is 6.27. The highest BCUT2D eigenvalue weighted by Gasteiger charge is 2.16. The number of pyridine rings is 3. The summed E-state index contributed by atoms with van der Waals surface area (Å²) in [7, 11) is 0. The lowest BCUT2D eigenvalue weighted by Gasteiger charge is -2.25. The zero-order valence-electron chi connectivity index (χ0n) is 15.0. The molecule has 5 heteroatoms. The molecule has 4 nitrogen and oxygen atoms in total. The standard InChI is InChI=1S/C22H19FN4/c1-2-13-27(18-6-3-5-17(23)14-18)22-19-7-4-10-25-21(19)15-20(26-22)16-8-11-24-12-9-16/h3-12,14-15H,2,13H2,1H3. The van der Waals surface area contributed by atoms with Gasteiger partial charge in [-0.25, -0.2) is 9.37 Å². The molecule has 134 valence electrons. The fourth-order valence-corrected chi connectivity index (χ4v) is 3.16. The molecule has 0 bridgehead atoms. The molecule has 1 aromatic carbocycles. The average molecular weight is 358 g/mol. The van der Waals surface area contributed by atoms with Gasteiger partial charge in [0, 0.05) is 41.8 Å². The summed E-state index contributed by atoms with van der Waals surface area (Å²) in [5, 5.41) is 0.938. The van der Waals surface area contributed by atoms with Crippen molar-refractivity contribution in [3.05, 3.63) is 79.0 Å². The smallest absolute Gasteiger partial charge is 0.143 e. The summed E-state index contributed by atoms with van der Waals surface area (Å²) in [6.07, 6.45) is 6.17. The summed E-state index contributed by atoms with van der Waals surface area (Å²) in [4.78, 5) is 15.6. The van der Waals surface area contributed by atoms with E-state index < -0.39 is 0 Å². The quantitative estimate of drug-likeness (QED) is 0.480. The van der Waals surface area contributed by atoms with Gasteiger partial charge in [0.25, 0.3) is 0 Å². The Bertz CT molecular complexity index is 1070. The van der Waals surface area contributed by atoms with Crippen LogP contribution in [0.2, 0.25) is 0 Å². The third-order valence-corrected chi connectivity index (χ3v) is 4.38. The number of anilines is 2. The molecule has 27 heavy (non-hydrogen) atoms. The van der Waals surface area contributed by atoms with Crippen LogP contribution in [-0.2, 0) is 0 Å². The van der Waals surface area contributed by atoms with Gasteiger partial charge in [-0.15, -0.1) is 0 Å². The first-order valence-corrected chi connectivity index (χ1v) is 8.95. The molecule has 0 spiro atoms. The van der Waals surface area contributed by atoms with Gasteiger partial charge in [0.15, 0.2) is 0 Å². The van der Waals surface area contributed by atoms with Gasteiger partial charge in [0.2, 0.25) is 0 Å². The van der Waals surface area contributed by atoms with Gasteiger partial charge in [-0.3, -0.25) is 9.97 Å². The summed E-state index contributed by atoms with van der Waals surface area (Å²) in [6.45, 7) is 2.82. The molecule has 4 rings (SSSR count). The Balaban J connectivity index is 1.95. The maximum Gasteiger partial charge on any atom is 0.143 e. The van der Waals surface area contributed by atoms with Crippen LogP contribution in [0.1, 0.15) is 13.3 Å². The molecule has 3 heterocycles. The molecule has 4 aromatic rings. The molecule has 0 radical (unpaired) electrons. The van der Waals surface area contributed by atoms with E-state index in [-0.39, 0.29) is 5.82 Å². The van der Waals surface area contributed by atoms with Crippen LogP contribution in [0.5, 0.6) is 0 Å². The van der Waals surface area contributed by atoms with Crippen molar-refractivity contribution in [2.45, 2.75) is 13.3 Å². The number of nitrogens with zero attached hydrogens (tertiary/aromatic N) is 4. The first-order valence-electron chi connectivity index (χ1n) is 8.95. The highest BCUT2D eigenvalue weighted by Crippen LogP contribution is 2.33. The van der Waals surface area contributed by atoms with E-state index in [1.807, 2.05) is 36.4 Å².